The number of hydrogen-bond donors (Lipinski definition) is 0. The predicted molar refractivity (Wildman–Crippen MR) is 129 cm³/mol. The number of hydrogen-bond acceptors (Lipinski definition) is 0. The summed E-state index contributed by atoms with van der Waals surface area (Å²) in [5.74, 6) is 0. The fraction of sp³-hybridized carbons (Fsp3) is 0.207. The molecular weight excluding hydrogens is 362 g/mol. The van der Waals surface area contributed by atoms with Crippen LogP contribution in [-0.4, -0.2) is 0 Å². The molecule has 0 N–H and O–H groups in total. The summed E-state index contributed by atoms with van der Waals surface area (Å²) in [6.07, 6.45) is 2.12. The number of nitrogens with zero attached hydrogens (tertiary/aromatic N) is 1. The van der Waals surface area contributed by atoms with Crippen LogP contribution >= 0.6 is 0 Å². The molecule has 0 aliphatic rings. The van der Waals surface area contributed by atoms with Gasteiger partial charge in [-0.05, 0) is 70.1 Å². The monoisotopic (exact) mass is 390 g/mol. The molecule has 1 aromatic heterocycles. The summed E-state index contributed by atoms with van der Waals surface area (Å²) in [6.45, 7) is 6.76. The van der Waals surface area contributed by atoms with Gasteiger partial charge in [0, 0.05) is 23.1 Å². The van der Waals surface area contributed by atoms with Gasteiger partial charge in [0.15, 0.2) is 0 Å². The second-order valence-electron chi connectivity index (χ2n) is 8.30. The Kier molecular flexibility index (Phi) is 4.55. The number of aryl methyl sites for hydroxylation is 4. The Balaban J connectivity index is 1.83. The van der Waals surface area contributed by atoms with Crippen LogP contribution in [0.2, 0.25) is 0 Å². The van der Waals surface area contributed by atoms with Gasteiger partial charge in [-0.2, -0.15) is 4.57 Å². The van der Waals surface area contributed by atoms with Gasteiger partial charge in [-0.25, -0.2) is 0 Å². The maximum absolute atomic E-state index is 2.38. The van der Waals surface area contributed by atoms with E-state index in [4.69, 9.17) is 0 Å². The molecule has 1 heteroatoms. The Morgan fingerprint density at radius 1 is 0.733 bits per heavy atom. The van der Waals surface area contributed by atoms with E-state index in [9.17, 15) is 0 Å². The minimum Gasteiger partial charge on any atom is -0.194 e. The lowest BCUT2D eigenvalue weighted by molar-refractivity contribution is -0.633. The second-order valence-corrected chi connectivity index (χ2v) is 8.30. The third kappa shape index (κ3) is 2.81. The van der Waals surface area contributed by atoms with Crippen LogP contribution in [-0.2, 0) is 19.9 Å². The molecule has 0 radical (unpaired) electrons. The summed E-state index contributed by atoms with van der Waals surface area (Å²) in [7, 11) is 2.21. The quantitative estimate of drug-likeness (QED) is 0.229. The van der Waals surface area contributed by atoms with E-state index in [0.717, 1.165) is 12.8 Å². The smallest absolute Gasteiger partial charge is 0.194 e. The van der Waals surface area contributed by atoms with Crippen LogP contribution in [0.1, 0.15) is 30.5 Å². The fourth-order valence-electron chi connectivity index (χ4n) is 4.96. The van der Waals surface area contributed by atoms with Crippen LogP contribution in [0, 0.1) is 6.92 Å². The lowest BCUT2D eigenvalue weighted by Crippen LogP contribution is -2.32. The van der Waals surface area contributed by atoms with Gasteiger partial charge in [-0.3, -0.25) is 0 Å². The van der Waals surface area contributed by atoms with Gasteiger partial charge in [0.25, 0.3) is 0 Å². The van der Waals surface area contributed by atoms with Crippen molar-refractivity contribution >= 4 is 32.4 Å². The maximum atomic E-state index is 2.38. The standard InChI is InChI=1S/C29H28N/c1-5-20-17-21(6-2)25-15-16-27(30(4)28(25)18-20)24-14-13-23-12-11-22-9-7-8-10-26(22)29(23)19(24)3/h7-18H,5-6H2,1-4H3/q+1. The van der Waals surface area contributed by atoms with Crippen molar-refractivity contribution in [3.8, 4) is 11.3 Å². The number of benzene rings is 4. The van der Waals surface area contributed by atoms with Gasteiger partial charge in [0.2, 0.25) is 11.2 Å². The van der Waals surface area contributed by atoms with Gasteiger partial charge in [0.05, 0.1) is 0 Å². The van der Waals surface area contributed by atoms with Crippen molar-refractivity contribution in [3.05, 3.63) is 89.5 Å². The molecule has 0 aliphatic heterocycles. The van der Waals surface area contributed by atoms with Crippen LogP contribution in [0.25, 0.3) is 43.7 Å². The van der Waals surface area contributed by atoms with E-state index in [2.05, 4.69) is 105 Å². The highest BCUT2D eigenvalue weighted by Gasteiger charge is 2.19. The predicted octanol–water partition coefficient (Wildman–Crippen LogP) is 7.07. The molecule has 30 heavy (non-hydrogen) atoms. The molecule has 5 aromatic rings. The molecule has 0 bridgehead atoms. The molecule has 0 atom stereocenters. The first-order valence-corrected chi connectivity index (χ1v) is 11.0. The van der Waals surface area contributed by atoms with E-state index in [1.165, 1.54) is 60.4 Å². The summed E-state index contributed by atoms with van der Waals surface area (Å²) in [5.41, 5.74) is 8.09. The van der Waals surface area contributed by atoms with Gasteiger partial charge < -0.3 is 0 Å². The van der Waals surface area contributed by atoms with Gasteiger partial charge in [-0.15, -0.1) is 0 Å². The Bertz CT molecular complexity index is 1430. The number of fused-ring (bicyclic) bond motifs is 4. The summed E-state index contributed by atoms with van der Waals surface area (Å²) < 4.78 is 2.38. The van der Waals surface area contributed by atoms with Crippen LogP contribution < -0.4 is 4.57 Å². The first-order chi connectivity index (χ1) is 14.6. The molecule has 0 amide bonds. The Morgan fingerprint density at radius 3 is 2.30 bits per heavy atom. The highest BCUT2D eigenvalue weighted by molar-refractivity contribution is 6.10. The fourth-order valence-corrected chi connectivity index (χ4v) is 4.96. The normalized spacial score (nSPS) is 11.6. The molecule has 5 rings (SSSR count). The Hall–Kier alpha value is -3.19. The molecule has 4 aromatic carbocycles. The number of aromatic nitrogens is 1. The van der Waals surface area contributed by atoms with Crippen molar-refractivity contribution in [1.29, 1.82) is 0 Å². The minimum absolute atomic E-state index is 1.06. The lowest BCUT2D eigenvalue weighted by atomic mass is 9.93. The zero-order valence-electron chi connectivity index (χ0n) is 18.3. The van der Waals surface area contributed by atoms with Crippen LogP contribution in [0.4, 0.5) is 0 Å². The summed E-state index contributed by atoms with van der Waals surface area (Å²) >= 11 is 0. The number of pyridine rings is 1. The van der Waals surface area contributed by atoms with Crippen LogP contribution in [0.3, 0.4) is 0 Å². The lowest BCUT2D eigenvalue weighted by Gasteiger charge is -2.13. The van der Waals surface area contributed by atoms with Crippen molar-refractivity contribution in [2.24, 2.45) is 7.05 Å². The Morgan fingerprint density at radius 2 is 1.50 bits per heavy atom. The van der Waals surface area contributed by atoms with Gasteiger partial charge in [-0.1, -0.05) is 62.4 Å². The molecular formula is C29H28N+. The van der Waals surface area contributed by atoms with Crippen LogP contribution in [0.5, 0.6) is 0 Å². The maximum Gasteiger partial charge on any atom is 0.213 e. The van der Waals surface area contributed by atoms with E-state index in [1.807, 2.05) is 0 Å². The highest BCUT2D eigenvalue weighted by atomic mass is 14.9. The molecule has 1 nitrogen and oxygen atoms in total. The molecule has 0 saturated carbocycles. The van der Waals surface area contributed by atoms with E-state index in [0.29, 0.717) is 0 Å². The SMILES string of the molecule is CCc1cc(CC)c2ccc(-c3ccc4ccc5ccccc5c4c3C)[n+](C)c2c1. The zero-order valence-corrected chi connectivity index (χ0v) is 18.3. The van der Waals surface area contributed by atoms with Crippen molar-refractivity contribution in [3.63, 3.8) is 0 Å². The average molecular weight is 391 g/mol. The van der Waals surface area contributed by atoms with Gasteiger partial charge >= 0.3 is 0 Å². The van der Waals surface area contributed by atoms with E-state index in [1.54, 1.807) is 0 Å². The van der Waals surface area contributed by atoms with E-state index < -0.39 is 0 Å². The third-order valence-corrected chi connectivity index (χ3v) is 6.67. The van der Waals surface area contributed by atoms with E-state index >= 15 is 0 Å². The third-order valence-electron chi connectivity index (χ3n) is 6.67. The summed E-state index contributed by atoms with van der Waals surface area (Å²) in [6, 6.07) is 27.1. The molecule has 0 fully saturated rings. The summed E-state index contributed by atoms with van der Waals surface area (Å²) in [4.78, 5) is 0. The average Bonchev–Trinajstić information content (AvgIpc) is 2.79. The molecule has 0 aliphatic carbocycles. The van der Waals surface area contributed by atoms with Crippen molar-refractivity contribution in [2.45, 2.75) is 33.6 Å². The highest BCUT2D eigenvalue weighted by Crippen LogP contribution is 2.34. The van der Waals surface area contributed by atoms with Crippen molar-refractivity contribution < 1.29 is 4.57 Å². The molecule has 0 unspecified atom stereocenters. The topological polar surface area (TPSA) is 3.88 Å². The summed E-state index contributed by atoms with van der Waals surface area (Å²) in [5, 5.41) is 6.67. The van der Waals surface area contributed by atoms with E-state index in [-0.39, 0.29) is 0 Å². The minimum atomic E-state index is 1.06. The Labute approximate surface area is 178 Å². The molecule has 1 heterocycles. The number of rotatable bonds is 3. The second kappa shape index (κ2) is 7.25. The zero-order chi connectivity index (χ0) is 20.8. The molecule has 148 valence electrons. The van der Waals surface area contributed by atoms with Crippen molar-refractivity contribution in [2.75, 3.05) is 0 Å². The van der Waals surface area contributed by atoms with Crippen molar-refractivity contribution in [1.82, 2.24) is 0 Å². The van der Waals surface area contributed by atoms with Gasteiger partial charge in [0.1, 0.15) is 7.05 Å². The first-order valence-electron chi connectivity index (χ1n) is 11.0. The first kappa shape index (κ1) is 18.8. The molecule has 0 saturated heterocycles. The van der Waals surface area contributed by atoms with Crippen LogP contribution in [0.15, 0.2) is 72.8 Å². The molecule has 0 spiro atoms. The largest absolute Gasteiger partial charge is 0.213 e.